The zero-order valence-corrected chi connectivity index (χ0v) is 15.1. The van der Waals surface area contributed by atoms with Gasteiger partial charge in [-0.1, -0.05) is 30.0 Å². The highest BCUT2D eigenvalue weighted by Gasteiger charge is 2.49. The van der Waals surface area contributed by atoms with Gasteiger partial charge in [0.25, 0.3) is 5.91 Å². The molecule has 1 aromatic heterocycles. The number of fused-ring (bicyclic) bond motifs is 1. The van der Waals surface area contributed by atoms with E-state index in [1.54, 1.807) is 6.20 Å². The number of benzene rings is 1. The number of carbonyl (C=O) groups excluding carboxylic acids is 2. The number of hydrogen-bond acceptors (Lipinski definition) is 7. The van der Waals surface area contributed by atoms with Crippen LogP contribution in [0.25, 0.3) is 0 Å². The molecule has 2 saturated heterocycles. The predicted octanol–water partition coefficient (Wildman–Crippen LogP) is 1.30. The number of Topliss-reactive ketones (excluding diaryl/α,β-unsaturated/α-hetero) is 1. The Bertz CT molecular complexity index is 831. The molecule has 134 valence electrons. The van der Waals surface area contributed by atoms with E-state index in [-0.39, 0.29) is 23.9 Å². The molecule has 7 nitrogen and oxygen atoms in total. The smallest absolute Gasteiger partial charge is 0.255 e. The number of piperidine rings is 1. The Morgan fingerprint density at radius 2 is 2.04 bits per heavy atom. The number of thioether (sulfide) groups is 1. The molecule has 0 bridgehead atoms. The van der Waals surface area contributed by atoms with Gasteiger partial charge in [-0.05, 0) is 25.1 Å². The summed E-state index contributed by atoms with van der Waals surface area (Å²) in [5.41, 5.74) is 4.79. The SMILES string of the molecule is Cc1ccnc(SCC2CC(=O)C3C(=O)N(c4ccccc4)NC3N2)n1. The Labute approximate surface area is 155 Å². The summed E-state index contributed by atoms with van der Waals surface area (Å²) >= 11 is 1.51. The minimum atomic E-state index is -0.674. The van der Waals surface area contributed by atoms with E-state index in [2.05, 4.69) is 20.7 Å². The van der Waals surface area contributed by atoms with Gasteiger partial charge in [0.2, 0.25) is 0 Å². The minimum Gasteiger partial charge on any atom is -0.299 e. The van der Waals surface area contributed by atoms with Crippen molar-refractivity contribution in [3.8, 4) is 0 Å². The van der Waals surface area contributed by atoms with Crippen LogP contribution >= 0.6 is 11.8 Å². The quantitative estimate of drug-likeness (QED) is 0.477. The lowest BCUT2D eigenvalue weighted by molar-refractivity contribution is -0.133. The Balaban J connectivity index is 1.43. The first-order valence-corrected chi connectivity index (χ1v) is 9.47. The van der Waals surface area contributed by atoms with Gasteiger partial charge in [0.15, 0.2) is 5.16 Å². The number of ketones is 1. The third-order valence-corrected chi connectivity index (χ3v) is 5.52. The largest absolute Gasteiger partial charge is 0.299 e. The van der Waals surface area contributed by atoms with Crippen molar-refractivity contribution in [3.63, 3.8) is 0 Å². The lowest BCUT2D eigenvalue weighted by Crippen LogP contribution is -2.56. The molecule has 3 heterocycles. The van der Waals surface area contributed by atoms with Crippen LogP contribution in [0.2, 0.25) is 0 Å². The molecule has 3 atom stereocenters. The number of aryl methyl sites for hydroxylation is 1. The number of anilines is 1. The average Bonchev–Trinajstić information content (AvgIpc) is 2.98. The number of nitrogens with one attached hydrogen (secondary N) is 2. The van der Waals surface area contributed by atoms with Crippen molar-refractivity contribution in [1.82, 2.24) is 20.7 Å². The molecule has 2 aromatic rings. The summed E-state index contributed by atoms with van der Waals surface area (Å²) in [7, 11) is 0. The molecule has 26 heavy (non-hydrogen) atoms. The highest BCUT2D eigenvalue weighted by Crippen LogP contribution is 2.28. The molecule has 0 radical (unpaired) electrons. The molecule has 8 heteroatoms. The van der Waals surface area contributed by atoms with Crippen LogP contribution in [-0.4, -0.2) is 39.6 Å². The van der Waals surface area contributed by atoms with Gasteiger partial charge >= 0.3 is 0 Å². The number of aromatic nitrogens is 2. The van der Waals surface area contributed by atoms with Gasteiger partial charge in [-0.2, -0.15) is 0 Å². The van der Waals surface area contributed by atoms with Gasteiger partial charge in [0.1, 0.15) is 11.7 Å². The van der Waals surface area contributed by atoms with Gasteiger partial charge in [-0.3, -0.25) is 14.9 Å². The molecule has 3 unspecified atom stereocenters. The summed E-state index contributed by atoms with van der Waals surface area (Å²) in [6.07, 6.45) is 1.68. The molecule has 2 fully saturated rings. The van der Waals surface area contributed by atoms with Gasteiger partial charge in [-0.15, -0.1) is 0 Å². The van der Waals surface area contributed by atoms with Crippen LogP contribution in [0.4, 0.5) is 5.69 Å². The van der Waals surface area contributed by atoms with E-state index < -0.39 is 5.92 Å². The lowest BCUT2D eigenvalue weighted by Gasteiger charge is -2.30. The van der Waals surface area contributed by atoms with Crippen molar-refractivity contribution in [1.29, 1.82) is 0 Å². The number of rotatable bonds is 4. The van der Waals surface area contributed by atoms with Gasteiger partial charge in [0, 0.05) is 30.1 Å². The van der Waals surface area contributed by atoms with Crippen molar-refractivity contribution in [2.45, 2.75) is 30.7 Å². The summed E-state index contributed by atoms with van der Waals surface area (Å²) < 4.78 is 0. The molecular weight excluding hydrogens is 350 g/mol. The molecule has 1 aromatic carbocycles. The third-order valence-electron chi connectivity index (χ3n) is 4.50. The summed E-state index contributed by atoms with van der Waals surface area (Å²) in [4.78, 5) is 33.8. The maximum absolute atomic E-state index is 12.7. The summed E-state index contributed by atoms with van der Waals surface area (Å²) in [5.74, 6) is -0.237. The molecule has 0 saturated carbocycles. The molecule has 0 aliphatic carbocycles. The summed E-state index contributed by atoms with van der Waals surface area (Å²) in [5, 5.41) is 5.56. The summed E-state index contributed by atoms with van der Waals surface area (Å²) in [6, 6.07) is 11.1. The Morgan fingerprint density at radius 3 is 2.81 bits per heavy atom. The summed E-state index contributed by atoms with van der Waals surface area (Å²) in [6.45, 7) is 1.92. The second kappa shape index (κ2) is 7.14. The zero-order chi connectivity index (χ0) is 18.1. The first-order chi connectivity index (χ1) is 12.6. The molecule has 0 spiro atoms. The van der Waals surface area contributed by atoms with E-state index in [1.807, 2.05) is 43.3 Å². The number of nitrogens with zero attached hydrogens (tertiary/aromatic N) is 3. The lowest BCUT2D eigenvalue weighted by atomic mass is 9.91. The number of hydrogen-bond donors (Lipinski definition) is 2. The van der Waals surface area contributed by atoms with Gasteiger partial charge in [0.05, 0.1) is 11.9 Å². The van der Waals surface area contributed by atoms with Crippen LogP contribution in [0, 0.1) is 12.8 Å². The molecule has 2 N–H and O–H groups in total. The Morgan fingerprint density at radius 1 is 1.23 bits per heavy atom. The highest BCUT2D eigenvalue weighted by atomic mass is 32.2. The highest BCUT2D eigenvalue weighted by molar-refractivity contribution is 7.99. The fourth-order valence-corrected chi connectivity index (χ4v) is 4.16. The standard InChI is InChI=1S/C18H19N5O2S/c1-11-7-8-19-18(20-11)26-10-12-9-14(24)15-16(21-12)22-23(17(15)25)13-5-3-2-4-6-13/h2-8,12,15-16,21-22H,9-10H2,1H3. The Hall–Kier alpha value is -2.29. The van der Waals surface area contributed by atoms with Crippen LogP contribution < -0.4 is 15.8 Å². The second-order valence-electron chi connectivity index (χ2n) is 6.42. The first-order valence-electron chi connectivity index (χ1n) is 8.48. The van der Waals surface area contributed by atoms with E-state index in [0.29, 0.717) is 17.3 Å². The predicted molar refractivity (Wildman–Crippen MR) is 98.4 cm³/mol. The minimum absolute atomic E-state index is 0.0274. The molecule has 2 aliphatic rings. The monoisotopic (exact) mass is 369 g/mol. The van der Waals surface area contributed by atoms with Crippen LogP contribution in [0.5, 0.6) is 0 Å². The zero-order valence-electron chi connectivity index (χ0n) is 14.3. The van der Waals surface area contributed by atoms with Crippen LogP contribution in [0.1, 0.15) is 12.1 Å². The van der Waals surface area contributed by atoms with E-state index in [0.717, 1.165) is 11.4 Å². The van der Waals surface area contributed by atoms with Crippen molar-refractivity contribution in [2.75, 3.05) is 10.8 Å². The van der Waals surface area contributed by atoms with Gasteiger partial charge in [-0.25, -0.2) is 20.4 Å². The van der Waals surface area contributed by atoms with Crippen molar-refractivity contribution < 1.29 is 9.59 Å². The maximum atomic E-state index is 12.7. The topological polar surface area (TPSA) is 87.2 Å². The third kappa shape index (κ3) is 3.35. The normalized spacial score (nSPS) is 25.4. The van der Waals surface area contributed by atoms with Gasteiger partial charge < -0.3 is 0 Å². The van der Waals surface area contributed by atoms with E-state index >= 15 is 0 Å². The number of para-hydroxylation sites is 1. The van der Waals surface area contributed by atoms with E-state index in [9.17, 15) is 9.59 Å². The van der Waals surface area contributed by atoms with E-state index in [1.165, 1.54) is 16.8 Å². The number of hydrazine groups is 1. The fourth-order valence-electron chi connectivity index (χ4n) is 3.26. The average molecular weight is 369 g/mol. The van der Waals surface area contributed by atoms with Crippen LogP contribution in [0.15, 0.2) is 47.8 Å². The molecule has 1 amide bonds. The number of carbonyl (C=O) groups is 2. The molecule has 2 aliphatic heterocycles. The van der Waals surface area contributed by atoms with E-state index in [4.69, 9.17) is 0 Å². The van der Waals surface area contributed by atoms with Crippen molar-refractivity contribution in [3.05, 3.63) is 48.3 Å². The number of amides is 1. The van der Waals surface area contributed by atoms with Crippen LogP contribution in [0.3, 0.4) is 0 Å². The van der Waals surface area contributed by atoms with Crippen molar-refractivity contribution >= 4 is 29.1 Å². The van der Waals surface area contributed by atoms with Crippen LogP contribution in [-0.2, 0) is 9.59 Å². The molecular formula is C18H19N5O2S. The first kappa shape index (κ1) is 17.1. The molecule has 4 rings (SSSR count). The maximum Gasteiger partial charge on any atom is 0.255 e. The Kier molecular flexibility index (Phi) is 4.71. The second-order valence-corrected chi connectivity index (χ2v) is 7.41. The fraction of sp³-hybridized carbons (Fsp3) is 0.333. The van der Waals surface area contributed by atoms with Crippen molar-refractivity contribution in [2.24, 2.45) is 5.92 Å².